The average Bonchev–Trinajstić information content (AvgIpc) is 3.42. The van der Waals surface area contributed by atoms with Crippen molar-refractivity contribution in [1.29, 1.82) is 0 Å². The molecule has 0 amide bonds. The lowest BCUT2D eigenvalue weighted by molar-refractivity contribution is 0.980. The van der Waals surface area contributed by atoms with Gasteiger partial charge in [-0.05, 0) is 97.8 Å². The molecule has 35 heavy (non-hydrogen) atoms. The number of para-hydroxylation sites is 1. The van der Waals surface area contributed by atoms with Gasteiger partial charge in [0.1, 0.15) is 5.82 Å². The molecule has 4 aromatic carbocycles. The summed E-state index contributed by atoms with van der Waals surface area (Å²) in [4.78, 5) is 7.33. The number of rotatable bonds is 0. The topological polar surface area (TPSA) is 16.1 Å². The molecule has 0 N–H and O–H groups in total. The highest BCUT2D eigenvalue weighted by molar-refractivity contribution is 5.93. The quantitative estimate of drug-likeness (QED) is 0.240. The second-order valence-electron chi connectivity index (χ2n) is 10.4. The molecule has 0 unspecified atom stereocenters. The van der Waals surface area contributed by atoms with E-state index in [1.165, 1.54) is 78.1 Å². The van der Waals surface area contributed by atoms with Crippen molar-refractivity contribution in [2.75, 3.05) is 4.90 Å². The van der Waals surface area contributed by atoms with Crippen LogP contribution in [0, 0.1) is 0 Å². The number of benzene rings is 4. The lowest BCUT2D eigenvalue weighted by atomic mass is 9.86. The van der Waals surface area contributed by atoms with E-state index in [1.807, 2.05) is 6.20 Å². The molecule has 0 fully saturated rings. The molecule has 0 radical (unpaired) electrons. The number of hydrogen-bond acceptors (Lipinski definition) is 2. The van der Waals surface area contributed by atoms with Gasteiger partial charge in [-0.2, -0.15) is 0 Å². The lowest BCUT2D eigenvalue weighted by Gasteiger charge is -2.38. The van der Waals surface area contributed by atoms with E-state index in [0.29, 0.717) is 0 Å². The monoisotopic (exact) mass is 446 g/mol. The first-order valence-electron chi connectivity index (χ1n) is 12.6. The first-order valence-corrected chi connectivity index (χ1v) is 12.6. The van der Waals surface area contributed by atoms with Crippen molar-refractivity contribution in [3.05, 3.63) is 130 Å². The number of hydrogen-bond donors (Lipinski definition) is 0. The Morgan fingerprint density at radius 3 is 2.00 bits per heavy atom. The van der Waals surface area contributed by atoms with Crippen LogP contribution in [0.3, 0.4) is 0 Å². The Hall–Kier alpha value is -4.17. The molecule has 0 saturated heterocycles. The summed E-state index contributed by atoms with van der Waals surface area (Å²) in [5.74, 6) is 1.09. The van der Waals surface area contributed by atoms with Gasteiger partial charge in [0, 0.05) is 19.0 Å². The SMILES string of the molecule is c1ccc2c(c1)Cc1cc3c(cc1-2)-c1cc2c(cc1C3)Cc1cccc3c1N2c1ncccc1C3. The molecule has 5 aromatic rings. The standard InChI is InChI=1S/C33H22N2/c1-2-9-27-19(5-1)11-23-14-24-15-25-16-26-13-21-7-3-6-20-12-22-8-4-10-34-33(22)35(32(20)21)31(26)18-30(25)29(24)17-28(23)27/h1-10,14,16-18H,11-13,15H2. The maximum atomic E-state index is 4.88. The number of anilines is 3. The minimum Gasteiger partial charge on any atom is -0.294 e. The van der Waals surface area contributed by atoms with Gasteiger partial charge in [0.05, 0.1) is 11.4 Å². The van der Waals surface area contributed by atoms with Crippen molar-refractivity contribution in [2.45, 2.75) is 25.7 Å². The summed E-state index contributed by atoms with van der Waals surface area (Å²) in [6.45, 7) is 0. The third kappa shape index (κ3) is 2.32. The molecule has 164 valence electrons. The fourth-order valence-electron chi connectivity index (χ4n) is 7.01. The van der Waals surface area contributed by atoms with Crippen molar-refractivity contribution in [3.63, 3.8) is 0 Å². The van der Waals surface area contributed by atoms with Crippen LogP contribution in [0.4, 0.5) is 17.2 Å². The van der Waals surface area contributed by atoms with Gasteiger partial charge in [0.2, 0.25) is 0 Å². The largest absolute Gasteiger partial charge is 0.294 e. The van der Waals surface area contributed by atoms with Gasteiger partial charge < -0.3 is 0 Å². The minimum absolute atomic E-state index is 0.956. The van der Waals surface area contributed by atoms with E-state index in [4.69, 9.17) is 4.98 Å². The highest BCUT2D eigenvalue weighted by atomic mass is 15.2. The fourth-order valence-corrected chi connectivity index (χ4v) is 7.01. The minimum atomic E-state index is 0.956. The lowest BCUT2D eigenvalue weighted by Crippen LogP contribution is -2.25. The summed E-state index contributed by atoms with van der Waals surface area (Å²) in [7, 11) is 0. The molecule has 4 aliphatic rings. The van der Waals surface area contributed by atoms with Gasteiger partial charge in [-0.15, -0.1) is 0 Å². The maximum absolute atomic E-state index is 4.88. The number of nitrogens with zero attached hydrogens (tertiary/aromatic N) is 2. The smallest absolute Gasteiger partial charge is 0.141 e. The van der Waals surface area contributed by atoms with E-state index in [0.717, 1.165) is 31.5 Å². The highest BCUT2D eigenvalue weighted by Crippen LogP contribution is 2.53. The van der Waals surface area contributed by atoms with Crippen LogP contribution in [0.25, 0.3) is 22.3 Å². The Bertz CT molecular complexity index is 1760. The van der Waals surface area contributed by atoms with Gasteiger partial charge >= 0.3 is 0 Å². The van der Waals surface area contributed by atoms with Crippen LogP contribution >= 0.6 is 0 Å². The molecular formula is C33H22N2. The third-order valence-corrected chi connectivity index (χ3v) is 8.50. The molecule has 2 nitrogen and oxygen atoms in total. The molecule has 9 rings (SSSR count). The van der Waals surface area contributed by atoms with Crippen LogP contribution in [0.15, 0.2) is 85.1 Å². The van der Waals surface area contributed by atoms with E-state index in [1.54, 1.807) is 0 Å². The van der Waals surface area contributed by atoms with E-state index in [9.17, 15) is 0 Å². The summed E-state index contributed by atoms with van der Waals surface area (Å²) in [6.07, 6.45) is 5.97. The van der Waals surface area contributed by atoms with Gasteiger partial charge in [-0.1, -0.05) is 60.7 Å². The van der Waals surface area contributed by atoms with Crippen LogP contribution in [-0.4, -0.2) is 4.98 Å². The predicted octanol–water partition coefficient (Wildman–Crippen LogP) is 7.50. The Kier molecular flexibility index (Phi) is 3.27. The third-order valence-electron chi connectivity index (χ3n) is 8.50. The Morgan fingerprint density at radius 1 is 0.486 bits per heavy atom. The molecule has 2 aliphatic heterocycles. The Morgan fingerprint density at radius 2 is 1.11 bits per heavy atom. The molecule has 2 aliphatic carbocycles. The number of aromatic nitrogens is 1. The summed E-state index contributed by atoms with van der Waals surface area (Å²) in [5.41, 5.74) is 19.7. The van der Waals surface area contributed by atoms with Gasteiger partial charge in [0.25, 0.3) is 0 Å². The normalized spacial score (nSPS) is 14.9. The first-order chi connectivity index (χ1) is 17.3. The first kappa shape index (κ1) is 18.2. The molecule has 2 heteroatoms. The van der Waals surface area contributed by atoms with Crippen LogP contribution in [0.2, 0.25) is 0 Å². The van der Waals surface area contributed by atoms with Crippen LogP contribution < -0.4 is 4.90 Å². The van der Waals surface area contributed by atoms with Crippen molar-refractivity contribution in [3.8, 4) is 22.3 Å². The summed E-state index contributed by atoms with van der Waals surface area (Å²) in [5, 5.41) is 0. The number of pyridine rings is 1. The fraction of sp³-hybridized carbons (Fsp3) is 0.121. The van der Waals surface area contributed by atoms with Crippen molar-refractivity contribution < 1.29 is 0 Å². The molecule has 1 aromatic heterocycles. The van der Waals surface area contributed by atoms with Gasteiger partial charge in [0.15, 0.2) is 0 Å². The second kappa shape index (κ2) is 6.28. The predicted molar refractivity (Wildman–Crippen MR) is 141 cm³/mol. The van der Waals surface area contributed by atoms with Gasteiger partial charge in [-0.25, -0.2) is 4.98 Å². The van der Waals surface area contributed by atoms with Crippen molar-refractivity contribution >= 4 is 17.2 Å². The zero-order chi connectivity index (χ0) is 22.7. The molecule has 0 atom stereocenters. The van der Waals surface area contributed by atoms with E-state index in [2.05, 4.69) is 83.8 Å². The van der Waals surface area contributed by atoms with Crippen LogP contribution in [0.1, 0.15) is 44.5 Å². The van der Waals surface area contributed by atoms with Crippen molar-refractivity contribution in [2.24, 2.45) is 0 Å². The van der Waals surface area contributed by atoms with Crippen LogP contribution in [0.5, 0.6) is 0 Å². The van der Waals surface area contributed by atoms with Crippen LogP contribution in [-0.2, 0) is 25.7 Å². The van der Waals surface area contributed by atoms with E-state index < -0.39 is 0 Å². The van der Waals surface area contributed by atoms with E-state index in [-0.39, 0.29) is 0 Å². The average molecular weight is 447 g/mol. The molecule has 3 heterocycles. The summed E-state index contributed by atoms with van der Waals surface area (Å²) < 4.78 is 0. The Balaban J connectivity index is 1.27. The van der Waals surface area contributed by atoms with E-state index >= 15 is 0 Å². The zero-order valence-electron chi connectivity index (χ0n) is 19.3. The molecule has 0 saturated carbocycles. The summed E-state index contributed by atoms with van der Waals surface area (Å²) >= 11 is 0. The molecule has 0 spiro atoms. The zero-order valence-corrected chi connectivity index (χ0v) is 19.3. The molecule has 0 bridgehead atoms. The van der Waals surface area contributed by atoms with Gasteiger partial charge in [-0.3, -0.25) is 4.90 Å². The number of fused-ring (bicyclic) bond motifs is 10. The second-order valence-corrected chi connectivity index (χ2v) is 10.4. The molecular weight excluding hydrogens is 424 g/mol. The van der Waals surface area contributed by atoms with Crippen molar-refractivity contribution in [1.82, 2.24) is 4.98 Å². The summed E-state index contributed by atoms with van der Waals surface area (Å²) in [6, 6.07) is 29.9. The maximum Gasteiger partial charge on any atom is 0.141 e. The Labute approximate surface area is 204 Å². The highest BCUT2D eigenvalue weighted by Gasteiger charge is 2.34.